The lowest BCUT2D eigenvalue weighted by atomic mass is 9.79. The number of hydrogen-bond acceptors (Lipinski definition) is 4. The Bertz CT molecular complexity index is 1090. The molecule has 0 saturated carbocycles. The van der Waals surface area contributed by atoms with Gasteiger partial charge in [-0.15, -0.1) is 0 Å². The molecule has 2 aliphatic heterocycles. The maximum Gasteiger partial charge on any atom is 0.268 e. The van der Waals surface area contributed by atoms with Crippen LogP contribution in [0.1, 0.15) is 45.4 Å². The van der Waals surface area contributed by atoms with Crippen LogP contribution in [0.25, 0.3) is 0 Å². The van der Waals surface area contributed by atoms with Crippen LogP contribution in [-0.4, -0.2) is 47.3 Å². The van der Waals surface area contributed by atoms with Crippen LogP contribution in [0.4, 0.5) is 0 Å². The van der Waals surface area contributed by atoms with Crippen LogP contribution >= 0.6 is 0 Å². The highest BCUT2D eigenvalue weighted by Gasteiger charge is 2.52. The minimum Gasteiger partial charge on any atom is -0.497 e. The van der Waals surface area contributed by atoms with E-state index in [-0.39, 0.29) is 30.5 Å². The third-order valence-electron chi connectivity index (χ3n) is 6.78. The molecule has 0 spiro atoms. The van der Waals surface area contributed by atoms with Crippen molar-refractivity contribution >= 4 is 5.91 Å². The molecule has 0 unspecified atom stereocenters. The monoisotopic (exact) mass is 428 g/mol. The minimum atomic E-state index is -0.131. The van der Waals surface area contributed by atoms with Crippen molar-refractivity contribution in [2.45, 2.75) is 30.8 Å². The van der Waals surface area contributed by atoms with Crippen LogP contribution in [0.5, 0.6) is 5.75 Å². The summed E-state index contributed by atoms with van der Waals surface area (Å²) < 4.78 is 5.47. The Morgan fingerprint density at radius 2 is 1.75 bits per heavy atom. The van der Waals surface area contributed by atoms with E-state index >= 15 is 0 Å². The minimum absolute atomic E-state index is 0.00978. The van der Waals surface area contributed by atoms with Gasteiger partial charge in [0.2, 0.25) is 0 Å². The Morgan fingerprint density at radius 1 is 1.03 bits per heavy atom. The zero-order valence-corrected chi connectivity index (χ0v) is 18.2. The Hall–Kier alpha value is -3.15. The maximum atomic E-state index is 13.8. The summed E-state index contributed by atoms with van der Waals surface area (Å²) >= 11 is 0. The number of benzene rings is 3. The van der Waals surface area contributed by atoms with E-state index < -0.39 is 0 Å². The molecule has 0 aliphatic carbocycles. The van der Waals surface area contributed by atoms with E-state index in [2.05, 4.69) is 41.4 Å². The van der Waals surface area contributed by atoms with E-state index in [1.807, 2.05) is 47.5 Å². The first-order valence-electron chi connectivity index (χ1n) is 11.2. The van der Waals surface area contributed by atoms with Gasteiger partial charge in [0.25, 0.3) is 5.91 Å². The molecule has 32 heavy (non-hydrogen) atoms. The van der Waals surface area contributed by atoms with Gasteiger partial charge in [0.05, 0.1) is 19.2 Å². The fourth-order valence-corrected chi connectivity index (χ4v) is 5.42. The molecule has 3 atom stereocenters. The number of rotatable bonds is 5. The van der Waals surface area contributed by atoms with Crippen LogP contribution in [-0.2, 0) is 6.42 Å². The predicted molar refractivity (Wildman–Crippen MR) is 123 cm³/mol. The average molecular weight is 429 g/mol. The zero-order chi connectivity index (χ0) is 22.1. The van der Waals surface area contributed by atoms with Gasteiger partial charge in [0.15, 0.2) is 0 Å². The zero-order valence-electron chi connectivity index (χ0n) is 18.2. The molecule has 164 valence electrons. The van der Waals surface area contributed by atoms with E-state index in [1.165, 1.54) is 16.7 Å². The van der Waals surface area contributed by atoms with Crippen LogP contribution < -0.4 is 4.74 Å². The van der Waals surface area contributed by atoms with E-state index in [1.54, 1.807) is 7.11 Å². The molecule has 3 aromatic carbocycles. The summed E-state index contributed by atoms with van der Waals surface area (Å²) in [5.74, 6) is 0.906. The van der Waals surface area contributed by atoms with E-state index in [0.29, 0.717) is 12.0 Å². The lowest BCUT2D eigenvalue weighted by Gasteiger charge is -2.38. The van der Waals surface area contributed by atoms with Gasteiger partial charge < -0.3 is 9.84 Å². The first-order chi connectivity index (χ1) is 15.7. The van der Waals surface area contributed by atoms with E-state index in [9.17, 15) is 9.90 Å². The number of carbonyl (C=O) groups is 1. The van der Waals surface area contributed by atoms with Gasteiger partial charge in [-0.05, 0) is 53.8 Å². The summed E-state index contributed by atoms with van der Waals surface area (Å²) in [6.07, 6.45) is 1.37. The Labute approximate surface area is 188 Å². The van der Waals surface area contributed by atoms with Crippen molar-refractivity contribution in [2.24, 2.45) is 0 Å². The van der Waals surface area contributed by atoms with Gasteiger partial charge in [-0.2, -0.15) is 0 Å². The molecule has 0 aromatic heterocycles. The summed E-state index contributed by atoms with van der Waals surface area (Å²) in [6.45, 7) is 0.775. The second kappa shape index (κ2) is 8.77. The van der Waals surface area contributed by atoms with Crippen molar-refractivity contribution in [1.29, 1.82) is 0 Å². The average Bonchev–Trinajstić information content (AvgIpc) is 3.18. The smallest absolute Gasteiger partial charge is 0.268 e. The number of carbonyl (C=O) groups excluding carboxylic acids is 1. The highest BCUT2D eigenvalue weighted by atomic mass is 16.5. The van der Waals surface area contributed by atoms with Crippen LogP contribution in [0.15, 0.2) is 78.9 Å². The molecular weight excluding hydrogens is 400 g/mol. The highest BCUT2D eigenvalue weighted by Crippen LogP contribution is 2.51. The molecule has 3 aromatic rings. The number of aliphatic hydroxyl groups excluding tert-OH is 1. The highest BCUT2D eigenvalue weighted by molar-refractivity contribution is 5.94. The van der Waals surface area contributed by atoms with Crippen LogP contribution in [0.3, 0.4) is 0 Å². The molecule has 1 fully saturated rings. The van der Waals surface area contributed by atoms with E-state index in [4.69, 9.17) is 4.74 Å². The topological polar surface area (TPSA) is 53.0 Å². The summed E-state index contributed by atoms with van der Waals surface area (Å²) in [7, 11) is 1.69. The molecule has 2 aliphatic rings. The second-order valence-electron chi connectivity index (χ2n) is 8.45. The normalized spacial score (nSPS) is 22.3. The Kier molecular flexibility index (Phi) is 5.68. The van der Waals surface area contributed by atoms with Crippen molar-refractivity contribution in [1.82, 2.24) is 10.0 Å². The lowest BCUT2D eigenvalue weighted by molar-refractivity contribution is -0.0182. The molecule has 0 bridgehead atoms. The van der Waals surface area contributed by atoms with Gasteiger partial charge in [-0.3, -0.25) is 9.80 Å². The number of ether oxygens (including phenoxy) is 1. The number of hydrazine groups is 1. The van der Waals surface area contributed by atoms with Gasteiger partial charge in [-0.1, -0.05) is 54.6 Å². The molecule has 5 heteroatoms. The second-order valence-corrected chi connectivity index (χ2v) is 8.45. The molecule has 5 rings (SSSR count). The van der Waals surface area contributed by atoms with Gasteiger partial charge in [0.1, 0.15) is 5.75 Å². The van der Waals surface area contributed by atoms with Crippen molar-refractivity contribution in [3.63, 3.8) is 0 Å². The number of amides is 1. The summed E-state index contributed by atoms with van der Waals surface area (Å²) in [4.78, 5) is 13.8. The van der Waals surface area contributed by atoms with Crippen molar-refractivity contribution < 1.29 is 14.6 Å². The lowest BCUT2D eigenvalue weighted by Crippen LogP contribution is -2.48. The fourth-order valence-electron chi connectivity index (χ4n) is 5.42. The first-order valence-corrected chi connectivity index (χ1v) is 11.2. The number of nitrogens with zero attached hydrogens (tertiary/aromatic N) is 2. The van der Waals surface area contributed by atoms with Crippen LogP contribution in [0, 0.1) is 0 Å². The molecule has 1 saturated heterocycles. The predicted octanol–water partition coefficient (Wildman–Crippen LogP) is 4.20. The maximum absolute atomic E-state index is 13.8. The number of aliphatic hydroxyl groups is 1. The number of hydrogen-bond donors (Lipinski definition) is 1. The third kappa shape index (κ3) is 3.48. The molecular formula is C27H28N2O3. The number of methoxy groups -OCH3 is 1. The fraction of sp³-hybridized carbons (Fsp3) is 0.296. The Balaban J connectivity index is 1.65. The van der Waals surface area contributed by atoms with Crippen molar-refractivity contribution in [3.8, 4) is 5.75 Å². The summed E-state index contributed by atoms with van der Waals surface area (Å²) in [5, 5.41) is 14.2. The van der Waals surface area contributed by atoms with Crippen molar-refractivity contribution in [2.75, 3.05) is 20.3 Å². The molecule has 1 amide bonds. The molecule has 2 heterocycles. The summed E-state index contributed by atoms with van der Waals surface area (Å²) in [5.41, 5.74) is 4.36. The SMILES string of the molecule is COc1ccc2c(c1)CCN1[C@H]2[C@@H](c2ccccc2)[C@H](CCO)N1C(=O)c1ccccc1. The third-order valence-corrected chi connectivity index (χ3v) is 6.78. The van der Waals surface area contributed by atoms with Gasteiger partial charge in [-0.25, -0.2) is 5.01 Å². The van der Waals surface area contributed by atoms with Gasteiger partial charge in [0, 0.05) is 24.6 Å². The number of fused-ring (bicyclic) bond motifs is 3. The molecule has 5 nitrogen and oxygen atoms in total. The molecule has 1 N–H and O–H groups in total. The standard InChI is InChI=1S/C27H28N2O3/c1-32-22-12-13-23-21(18-22)14-16-28-26(23)25(19-8-4-2-5-9-19)24(15-17-30)29(28)27(31)20-10-6-3-7-11-20/h2-13,18,24-26,30H,14-17H2,1H3/t24-,25-,26+/m0/s1. The van der Waals surface area contributed by atoms with Gasteiger partial charge >= 0.3 is 0 Å². The van der Waals surface area contributed by atoms with E-state index in [0.717, 1.165) is 18.7 Å². The van der Waals surface area contributed by atoms with Crippen LogP contribution in [0.2, 0.25) is 0 Å². The van der Waals surface area contributed by atoms with Crippen molar-refractivity contribution in [3.05, 3.63) is 101 Å². The largest absolute Gasteiger partial charge is 0.497 e. The molecule has 0 radical (unpaired) electrons. The quantitative estimate of drug-likeness (QED) is 0.662. The summed E-state index contributed by atoms with van der Waals surface area (Å²) in [6, 6.07) is 26.0. The Morgan fingerprint density at radius 3 is 2.44 bits per heavy atom. The first kappa shape index (κ1) is 20.7.